The van der Waals surface area contributed by atoms with Crippen LogP contribution >= 0.6 is 0 Å². The van der Waals surface area contributed by atoms with Crippen molar-refractivity contribution in [1.82, 2.24) is 4.98 Å². The van der Waals surface area contributed by atoms with Gasteiger partial charge in [0.2, 0.25) is 0 Å². The van der Waals surface area contributed by atoms with Gasteiger partial charge in [-0.1, -0.05) is 73.5 Å². The highest BCUT2D eigenvalue weighted by atomic mass is 28.3. The second-order valence-electron chi connectivity index (χ2n) is 8.94. The summed E-state index contributed by atoms with van der Waals surface area (Å²) >= 11 is 0. The first kappa shape index (κ1) is 16.7. The predicted molar refractivity (Wildman–Crippen MR) is 101 cm³/mol. The molecule has 0 saturated carbocycles. The Morgan fingerprint density at radius 3 is 2.14 bits per heavy atom. The summed E-state index contributed by atoms with van der Waals surface area (Å²) in [4.78, 5) is 3.98. The van der Waals surface area contributed by atoms with Crippen molar-refractivity contribution in [3.8, 4) is 0 Å². The molecule has 1 atom stereocenters. The van der Waals surface area contributed by atoms with Crippen LogP contribution in [0.2, 0.25) is 32.7 Å². The molecule has 0 spiro atoms. The van der Waals surface area contributed by atoms with E-state index in [9.17, 15) is 0 Å². The fraction of sp³-hybridized carbons (Fsp3) is 0.556. The zero-order valence-corrected chi connectivity index (χ0v) is 17.0. The van der Waals surface area contributed by atoms with E-state index in [1.165, 1.54) is 5.57 Å². The molecule has 0 radical (unpaired) electrons. The normalized spacial score (nSPS) is 22.7. The minimum absolute atomic E-state index is 0.171. The van der Waals surface area contributed by atoms with Crippen LogP contribution in [0.1, 0.15) is 20.8 Å². The smallest absolute Gasteiger partial charge is 0.148 e. The molecule has 0 fully saturated rings. The van der Waals surface area contributed by atoms with E-state index >= 15 is 0 Å². The Morgan fingerprint density at radius 2 is 1.62 bits per heavy atom. The Hall–Kier alpha value is -0.646. The van der Waals surface area contributed by atoms with Gasteiger partial charge in [-0.25, -0.2) is 0 Å². The topological polar surface area (TPSA) is 12.0 Å². The Kier molecular flexibility index (Phi) is 4.15. The summed E-state index contributed by atoms with van der Waals surface area (Å²) in [6.07, 6.45) is 11.6. The number of hydrogen-bond acceptors (Lipinski definition) is 1. The third kappa shape index (κ3) is 3.58. The van der Waals surface area contributed by atoms with Crippen LogP contribution < -0.4 is 4.98 Å². The molecule has 0 amide bonds. The summed E-state index contributed by atoms with van der Waals surface area (Å²) in [5.74, 6) is 0.522. The van der Waals surface area contributed by atoms with Crippen molar-refractivity contribution in [2.75, 3.05) is 0 Å². The van der Waals surface area contributed by atoms with E-state index in [0.717, 1.165) is 0 Å². The fourth-order valence-electron chi connectivity index (χ4n) is 3.72. The summed E-state index contributed by atoms with van der Waals surface area (Å²) in [5.41, 5.74) is 1.67. The molecule has 3 heteroatoms. The van der Waals surface area contributed by atoms with Crippen molar-refractivity contribution in [2.45, 2.75) is 59.0 Å². The first-order chi connectivity index (χ1) is 9.42. The van der Waals surface area contributed by atoms with Crippen molar-refractivity contribution in [2.24, 2.45) is 5.92 Å². The van der Waals surface area contributed by atoms with E-state index in [1.807, 2.05) is 0 Å². The summed E-state index contributed by atoms with van der Waals surface area (Å²) < 4.78 is 0. The Morgan fingerprint density at radius 1 is 1.00 bits per heavy atom. The molecule has 1 unspecified atom stereocenters. The first-order valence-corrected chi connectivity index (χ1v) is 14.5. The van der Waals surface area contributed by atoms with Gasteiger partial charge in [-0.3, -0.25) is 0 Å². The van der Waals surface area contributed by atoms with Crippen LogP contribution in [0.15, 0.2) is 46.3 Å². The minimum atomic E-state index is -1.66. The third-order valence-electron chi connectivity index (χ3n) is 4.14. The van der Waals surface area contributed by atoms with Crippen molar-refractivity contribution in [1.29, 1.82) is 0 Å². The number of nitrogens with one attached hydrogen (secondary N) is 1. The average Bonchev–Trinajstić information content (AvgIpc) is 2.64. The monoisotopic (exact) mass is 317 g/mol. The van der Waals surface area contributed by atoms with Gasteiger partial charge in [0, 0.05) is 11.5 Å². The minimum Gasteiger partial charge on any atom is -0.329 e. The zero-order valence-electron chi connectivity index (χ0n) is 15.0. The van der Waals surface area contributed by atoms with Crippen LogP contribution in [-0.4, -0.2) is 21.8 Å². The molecule has 1 N–H and O–H groups in total. The summed E-state index contributed by atoms with van der Waals surface area (Å²) in [6, 6.07) is 0. The molecule has 0 aromatic heterocycles. The average molecular weight is 318 g/mol. The largest absolute Gasteiger partial charge is 0.329 e. The lowest BCUT2D eigenvalue weighted by Gasteiger charge is -2.39. The van der Waals surface area contributed by atoms with E-state index in [-0.39, 0.29) is 5.54 Å². The van der Waals surface area contributed by atoms with E-state index in [0.29, 0.717) is 5.92 Å². The van der Waals surface area contributed by atoms with Gasteiger partial charge in [-0.15, -0.1) is 0 Å². The number of rotatable bonds is 3. The van der Waals surface area contributed by atoms with E-state index in [1.54, 1.807) is 10.4 Å². The molecule has 0 aliphatic heterocycles. The van der Waals surface area contributed by atoms with Gasteiger partial charge >= 0.3 is 0 Å². The molecular weight excluding hydrogens is 286 g/mol. The molecule has 0 bridgehead atoms. The van der Waals surface area contributed by atoms with Gasteiger partial charge in [-0.2, -0.15) is 0 Å². The maximum Gasteiger partial charge on any atom is 0.148 e. The van der Waals surface area contributed by atoms with Crippen LogP contribution in [0.5, 0.6) is 0 Å². The molecule has 2 aliphatic rings. The fourth-order valence-corrected chi connectivity index (χ4v) is 11.1. The van der Waals surface area contributed by atoms with Crippen LogP contribution in [-0.2, 0) is 0 Å². The van der Waals surface area contributed by atoms with Gasteiger partial charge in [0.15, 0.2) is 0 Å². The second kappa shape index (κ2) is 5.22. The van der Waals surface area contributed by atoms with Crippen LogP contribution in [0, 0.1) is 5.92 Å². The van der Waals surface area contributed by atoms with Crippen molar-refractivity contribution < 1.29 is 0 Å². The number of hydrogen-bond donors (Lipinski definition) is 1. The number of allylic oxidation sites excluding steroid dienone is 8. The molecule has 1 nitrogen and oxygen atoms in total. The molecule has 0 aromatic rings. The molecule has 2 aliphatic carbocycles. The molecule has 116 valence electrons. The highest BCUT2D eigenvalue weighted by Gasteiger charge is 2.42. The maximum absolute atomic E-state index is 3.98. The molecule has 0 heterocycles. The molecule has 0 aromatic carbocycles. The van der Waals surface area contributed by atoms with Crippen LogP contribution in [0.3, 0.4) is 0 Å². The van der Waals surface area contributed by atoms with Gasteiger partial charge in [0.1, 0.15) is 8.24 Å². The second-order valence-corrected chi connectivity index (χ2v) is 18.0. The Balaban J connectivity index is 2.52. The lowest BCUT2D eigenvalue weighted by atomic mass is 9.98. The number of fused-ring (bicyclic) bond motifs is 1. The summed E-state index contributed by atoms with van der Waals surface area (Å²) in [5, 5.41) is 3.42. The standard InChI is InChI=1S/C18H31NSi2/c1-18(2,3)19-21(7,8)17-15-12-10-9-11-14(15)13-16(17)20(4,5)6/h9-13,15,19H,1-8H3. The SMILES string of the molecule is CC(C)(C)N[Si](C)(C)C1=C([Si](C)(C)C)C=C2C=CC=CC21. The quantitative estimate of drug-likeness (QED) is 0.724. The van der Waals surface area contributed by atoms with Crippen molar-refractivity contribution >= 4 is 16.3 Å². The van der Waals surface area contributed by atoms with Crippen LogP contribution in [0.25, 0.3) is 0 Å². The van der Waals surface area contributed by atoms with E-state index < -0.39 is 16.3 Å². The van der Waals surface area contributed by atoms with Gasteiger partial charge < -0.3 is 4.98 Å². The maximum atomic E-state index is 3.98. The third-order valence-corrected chi connectivity index (χ3v) is 9.73. The summed E-state index contributed by atoms with van der Waals surface area (Å²) in [7, 11) is -2.99. The van der Waals surface area contributed by atoms with Crippen LogP contribution in [0.4, 0.5) is 0 Å². The molecular formula is C18H31NSi2. The van der Waals surface area contributed by atoms with Gasteiger partial charge in [0.25, 0.3) is 0 Å². The highest BCUT2D eigenvalue weighted by molar-refractivity contribution is 6.89. The van der Waals surface area contributed by atoms with Gasteiger partial charge in [-0.05, 0) is 26.3 Å². The molecule has 21 heavy (non-hydrogen) atoms. The Bertz CT molecular complexity index is 549. The van der Waals surface area contributed by atoms with E-state index in [4.69, 9.17) is 0 Å². The van der Waals surface area contributed by atoms with E-state index in [2.05, 4.69) is 88.9 Å². The lowest BCUT2D eigenvalue weighted by Crippen LogP contribution is -2.57. The van der Waals surface area contributed by atoms with Crippen molar-refractivity contribution in [3.05, 3.63) is 46.3 Å². The Labute approximate surface area is 133 Å². The van der Waals surface area contributed by atoms with Crippen molar-refractivity contribution in [3.63, 3.8) is 0 Å². The molecule has 2 rings (SSSR count). The lowest BCUT2D eigenvalue weighted by molar-refractivity contribution is 0.513. The summed E-state index contributed by atoms with van der Waals surface area (Å²) in [6.45, 7) is 19.3. The first-order valence-electron chi connectivity index (χ1n) is 8.03. The zero-order chi connectivity index (χ0) is 16.1. The molecule has 0 saturated heterocycles. The van der Waals surface area contributed by atoms with Gasteiger partial charge in [0.05, 0.1) is 8.07 Å². The highest BCUT2D eigenvalue weighted by Crippen LogP contribution is 2.43. The predicted octanol–water partition coefficient (Wildman–Crippen LogP) is 4.98.